The van der Waals surface area contributed by atoms with Crippen LogP contribution in [0.5, 0.6) is 0 Å². The summed E-state index contributed by atoms with van der Waals surface area (Å²) in [6, 6.07) is 9.73. The molecule has 1 aliphatic heterocycles. The summed E-state index contributed by atoms with van der Waals surface area (Å²) in [6.45, 7) is 2.60. The molecule has 0 amide bonds. The van der Waals surface area contributed by atoms with Crippen LogP contribution in [0.25, 0.3) is 10.8 Å². The fraction of sp³-hybridized carbons (Fsp3) is 0.353. The van der Waals surface area contributed by atoms with Crippen molar-refractivity contribution in [2.24, 2.45) is 5.92 Å². The first-order valence-electron chi connectivity index (χ1n) is 7.47. The molecule has 110 valence electrons. The highest BCUT2D eigenvalue weighted by molar-refractivity contribution is 5.85. The Morgan fingerprint density at radius 3 is 2.95 bits per heavy atom. The minimum atomic E-state index is 0.581. The Hall–Kier alpha value is -2.79. The average molecular weight is 291 g/mol. The number of nitrogens with zero attached hydrogens (tertiary/aromatic N) is 4. The summed E-state index contributed by atoms with van der Waals surface area (Å²) in [5, 5.41) is 23.2. The highest BCUT2D eigenvalue weighted by atomic mass is 15.1. The van der Waals surface area contributed by atoms with Gasteiger partial charge in [-0.3, -0.25) is 0 Å². The van der Waals surface area contributed by atoms with Crippen molar-refractivity contribution in [3.05, 3.63) is 36.0 Å². The zero-order valence-electron chi connectivity index (χ0n) is 12.3. The molecule has 5 heteroatoms. The normalized spacial score (nSPS) is 17.2. The number of aromatic nitrogens is 1. The van der Waals surface area contributed by atoms with Gasteiger partial charge in [-0.15, -0.1) is 0 Å². The zero-order valence-corrected chi connectivity index (χ0v) is 12.3. The molecule has 2 heterocycles. The van der Waals surface area contributed by atoms with Crippen molar-refractivity contribution in [1.82, 2.24) is 9.88 Å². The van der Waals surface area contributed by atoms with Gasteiger partial charge in [0.05, 0.1) is 11.6 Å². The Bertz CT molecular complexity index is 756. The molecule has 2 aromatic rings. The van der Waals surface area contributed by atoms with Gasteiger partial charge in [0.15, 0.2) is 6.19 Å². The smallest absolute Gasteiger partial charge is 0.179 e. The number of anilines is 1. The number of fused-ring (bicyclic) bond motifs is 1. The third kappa shape index (κ3) is 3.10. The summed E-state index contributed by atoms with van der Waals surface area (Å²) >= 11 is 0. The van der Waals surface area contributed by atoms with Gasteiger partial charge in [0.25, 0.3) is 0 Å². The molecule has 3 rings (SSSR count). The quantitative estimate of drug-likeness (QED) is 0.876. The lowest BCUT2D eigenvalue weighted by Crippen LogP contribution is -2.15. The molecule has 1 atom stereocenters. The van der Waals surface area contributed by atoms with Gasteiger partial charge in [-0.25, -0.2) is 4.98 Å². The van der Waals surface area contributed by atoms with Gasteiger partial charge in [0.2, 0.25) is 0 Å². The van der Waals surface area contributed by atoms with Gasteiger partial charge in [-0.2, -0.15) is 10.5 Å². The number of nitrogens with one attached hydrogen (secondary N) is 1. The minimum Gasteiger partial charge on any atom is -0.370 e. The van der Waals surface area contributed by atoms with E-state index in [0.29, 0.717) is 11.5 Å². The standard InChI is InChI=1S/C17H17N5/c18-9-14-1-2-15-10-21-17(8-16(15)7-14)20-5-3-13-4-6-22(11-13)12-19/h1-2,7-8,10,13H,3-6,11H2,(H,20,21). The molecule has 1 saturated heterocycles. The number of pyridine rings is 1. The van der Waals surface area contributed by atoms with Crippen LogP contribution in [0.4, 0.5) is 5.82 Å². The second-order valence-electron chi connectivity index (χ2n) is 5.66. The van der Waals surface area contributed by atoms with Crippen molar-refractivity contribution in [1.29, 1.82) is 10.5 Å². The van der Waals surface area contributed by atoms with Crippen LogP contribution < -0.4 is 5.32 Å². The molecular weight excluding hydrogens is 274 g/mol. The van der Waals surface area contributed by atoms with Gasteiger partial charge < -0.3 is 10.2 Å². The van der Waals surface area contributed by atoms with Gasteiger partial charge >= 0.3 is 0 Å². The van der Waals surface area contributed by atoms with Crippen LogP contribution in [-0.4, -0.2) is 29.5 Å². The van der Waals surface area contributed by atoms with Crippen LogP contribution in [-0.2, 0) is 0 Å². The van der Waals surface area contributed by atoms with E-state index in [1.165, 1.54) is 0 Å². The van der Waals surface area contributed by atoms with E-state index in [9.17, 15) is 0 Å². The maximum atomic E-state index is 8.96. The first-order chi connectivity index (χ1) is 10.8. The second kappa shape index (κ2) is 6.32. The fourth-order valence-electron chi connectivity index (χ4n) is 2.87. The van der Waals surface area contributed by atoms with Crippen molar-refractivity contribution in [2.75, 3.05) is 25.0 Å². The molecule has 1 aromatic carbocycles. The van der Waals surface area contributed by atoms with E-state index in [2.05, 4.69) is 22.6 Å². The van der Waals surface area contributed by atoms with Crippen molar-refractivity contribution in [3.8, 4) is 12.3 Å². The number of likely N-dealkylation sites (tertiary alicyclic amines) is 1. The van der Waals surface area contributed by atoms with E-state index in [1.807, 2.05) is 29.3 Å². The molecule has 1 aliphatic rings. The van der Waals surface area contributed by atoms with E-state index in [-0.39, 0.29) is 0 Å². The minimum absolute atomic E-state index is 0.581. The Morgan fingerprint density at radius 2 is 2.18 bits per heavy atom. The van der Waals surface area contributed by atoms with Crippen LogP contribution in [0.15, 0.2) is 30.5 Å². The third-order valence-corrected chi connectivity index (χ3v) is 4.14. The monoisotopic (exact) mass is 291 g/mol. The van der Waals surface area contributed by atoms with Crippen molar-refractivity contribution < 1.29 is 0 Å². The number of hydrogen-bond donors (Lipinski definition) is 1. The number of hydrogen-bond acceptors (Lipinski definition) is 5. The predicted molar refractivity (Wildman–Crippen MR) is 84.9 cm³/mol. The summed E-state index contributed by atoms with van der Waals surface area (Å²) in [5.74, 6) is 1.41. The molecule has 0 saturated carbocycles. The van der Waals surface area contributed by atoms with Gasteiger partial charge in [0.1, 0.15) is 5.82 Å². The van der Waals surface area contributed by atoms with Crippen LogP contribution in [0.1, 0.15) is 18.4 Å². The number of rotatable bonds is 4. The van der Waals surface area contributed by atoms with E-state index >= 15 is 0 Å². The molecule has 1 aromatic heterocycles. The van der Waals surface area contributed by atoms with E-state index in [1.54, 1.807) is 6.07 Å². The van der Waals surface area contributed by atoms with Crippen molar-refractivity contribution >= 4 is 16.6 Å². The van der Waals surface area contributed by atoms with E-state index in [0.717, 1.165) is 49.1 Å². The molecule has 1 N–H and O–H groups in total. The van der Waals surface area contributed by atoms with Crippen LogP contribution in [0.3, 0.4) is 0 Å². The largest absolute Gasteiger partial charge is 0.370 e. The summed E-state index contributed by atoms with van der Waals surface area (Å²) in [5.41, 5.74) is 0.659. The zero-order chi connectivity index (χ0) is 15.4. The van der Waals surface area contributed by atoms with Gasteiger partial charge in [0, 0.05) is 31.2 Å². The first kappa shape index (κ1) is 14.2. The molecular formula is C17H17N5. The van der Waals surface area contributed by atoms with Crippen LogP contribution in [0, 0.1) is 28.7 Å². The lowest BCUT2D eigenvalue weighted by molar-refractivity contribution is 0.445. The van der Waals surface area contributed by atoms with E-state index < -0.39 is 0 Å². The maximum Gasteiger partial charge on any atom is 0.179 e. The Kier molecular flexibility index (Phi) is 4.07. The van der Waals surface area contributed by atoms with Crippen LogP contribution in [0.2, 0.25) is 0 Å². The highest BCUT2D eigenvalue weighted by Gasteiger charge is 2.20. The topological polar surface area (TPSA) is 75.7 Å². The second-order valence-corrected chi connectivity index (χ2v) is 5.66. The number of nitriles is 2. The fourth-order valence-corrected chi connectivity index (χ4v) is 2.87. The molecule has 5 nitrogen and oxygen atoms in total. The number of benzene rings is 1. The summed E-state index contributed by atoms with van der Waals surface area (Å²) < 4.78 is 0. The Morgan fingerprint density at radius 1 is 1.27 bits per heavy atom. The molecule has 0 aliphatic carbocycles. The lowest BCUT2D eigenvalue weighted by Gasteiger charge is -2.11. The molecule has 0 bridgehead atoms. The summed E-state index contributed by atoms with van der Waals surface area (Å²) in [6.07, 6.45) is 6.16. The SMILES string of the molecule is N#Cc1ccc2cnc(NCCC3CCN(C#N)C3)cc2c1. The lowest BCUT2D eigenvalue weighted by atomic mass is 10.1. The molecule has 0 spiro atoms. The maximum absolute atomic E-state index is 8.96. The van der Waals surface area contributed by atoms with Gasteiger partial charge in [-0.1, -0.05) is 6.07 Å². The Balaban J connectivity index is 1.60. The summed E-state index contributed by atoms with van der Waals surface area (Å²) in [7, 11) is 0. The average Bonchev–Trinajstić information content (AvgIpc) is 3.02. The predicted octanol–water partition coefficient (Wildman–Crippen LogP) is 2.71. The third-order valence-electron chi connectivity index (χ3n) is 4.14. The summed E-state index contributed by atoms with van der Waals surface area (Å²) in [4.78, 5) is 6.22. The Labute approximate surface area is 129 Å². The van der Waals surface area contributed by atoms with Crippen LogP contribution >= 0.6 is 0 Å². The highest BCUT2D eigenvalue weighted by Crippen LogP contribution is 2.20. The van der Waals surface area contributed by atoms with Crippen molar-refractivity contribution in [3.63, 3.8) is 0 Å². The molecule has 22 heavy (non-hydrogen) atoms. The van der Waals surface area contributed by atoms with Gasteiger partial charge in [-0.05, 0) is 42.3 Å². The first-order valence-corrected chi connectivity index (χ1v) is 7.47. The molecule has 0 radical (unpaired) electrons. The van der Waals surface area contributed by atoms with E-state index in [4.69, 9.17) is 10.5 Å². The molecule has 1 fully saturated rings. The van der Waals surface area contributed by atoms with Crippen molar-refractivity contribution in [2.45, 2.75) is 12.8 Å². The molecule has 1 unspecified atom stereocenters.